The molecule has 0 aromatic heterocycles. The van der Waals surface area contributed by atoms with Crippen molar-refractivity contribution < 1.29 is 13.9 Å². The van der Waals surface area contributed by atoms with Crippen LogP contribution in [0.2, 0.25) is 5.02 Å². The maximum absolute atomic E-state index is 13.4. The van der Waals surface area contributed by atoms with Gasteiger partial charge < -0.3 is 20.3 Å². The molecule has 2 N–H and O–H groups in total. The number of aliphatic imine (C=N–C) groups is 1. The van der Waals surface area contributed by atoms with Crippen LogP contribution in [0.25, 0.3) is 0 Å². The van der Waals surface area contributed by atoms with Crippen molar-refractivity contribution in [3.05, 3.63) is 34.6 Å². The van der Waals surface area contributed by atoms with E-state index in [2.05, 4.69) is 39.3 Å². The van der Waals surface area contributed by atoms with E-state index >= 15 is 0 Å². The number of piperazine rings is 1. The average Bonchev–Trinajstić information content (AvgIpc) is 2.69. The van der Waals surface area contributed by atoms with Gasteiger partial charge in [0, 0.05) is 63.9 Å². The first-order valence-electron chi connectivity index (χ1n) is 10.2. The molecule has 0 bridgehead atoms. The highest BCUT2D eigenvalue weighted by Gasteiger charge is 2.26. The Labute approximate surface area is 206 Å². The molecular formula is C21H34ClFIN5O2. The molecule has 1 aromatic rings. The smallest absolute Gasteiger partial charge is 0.234 e. The Morgan fingerprint density at radius 1 is 1.26 bits per heavy atom. The van der Waals surface area contributed by atoms with Crippen LogP contribution in [0.15, 0.2) is 23.2 Å². The maximum atomic E-state index is 13.4. The number of benzene rings is 1. The van der Waals surface area contributed by atoms with Gasteiger partial charge in [-0.25, -0.2) is 4.39 Å². The van der Waals surface area contributed by atoms with E-state index in [0.29, 0.717) is 31.3 Å². The lowest BCUT2D eigenvalue weighted by Crippen LogP contribution is -2.55. The van der Waals surface area contributed by atoms with Crippen molar-refractivity contribution in [1.29, 1.82) is 0 Å². The van der Waals surface area contributed by atoms with Crippen LogP contribution in [0.3, 0.4) is 0 Å². The molecule has 1 fully saturated rings. The molecule has 1 saturated heterocycles. The maximum Gasteiger partial charge on any atom is 0.234 e. The summed E-state index contributed by atoms with van der Waals surface area (Å²) in [5.74, 6) is 0.486. The topological polar surface area (TPSA) is 69.2 Å². The molecule has 0 aliphatic carbocycles. The number of nitrogens with zero attached hydrogens (tertiary/aromatic N) is 3. The molecule has 1 aliphatic rings. The molecule has 1 aromatic carbocycles. The number of nitrogens with one attached hydrogen (secondary N) is 2. The summed E-state index contributed by atoms with van der Waals surface area (Å²) in [6.07, 6.45) is 0. The van der Waals surface area contributed by atoms with Gasteiger partial charge in [0.05, 0.1) is 13.2 Å². The third-order valence-corrected chi connectivity index (χ3v) is 5.54. The van der Waals surface area contributed by atoms with Gasteiger partial charge in [-0.05, 0) is 17.7 Å². The number of amides is 1. The third kappa shape index (κ3) is 8.70. The van der Waals surface area contributed by atoms with E-state index < -0.39 is 0 Å². The summed E-state index contributed by atoms with van der Waals surface area (Å²) < 4.78 is 18.3. The summed E-state index contributed by atoms with van der Waals surface area (Å²) >= 11 is 6.26. The summed E-state index contributed by atoms with van der Waals surface area (Å²) in [7, 11) is 3.37. The number of rotatable bonds is 8. The summed E-state index contributed by atoms with van der Waals surface area (Å²) in [6, 6.07) is 4.51. The standard InChI is InChI=1S/C21H33ClFN5O2.HI/c1-21(2,17-6-5-16(23)13-18(17)22)15-26-20(24-3)28-10-8-27(9-11-28)14-19(29)25-7-12-30-4;/h5-6,13H,7-12,14-15H2,1-4H3,(H,24,26)(H,25,29);1H. The van der Waals surface area contributed by atoms with E-state index in [-0.39, 0.29) is 41.1 Å². The fourth-order valence-corrected chi connectivity index (χ4v) is 3.86. The van der Waals surface area contributed by atoms with Gasteiger partial charge in [-0.1, -0.05) is 31.5 Å². The van der Waals surface area contributed by atoms with E-state index in [9.17, 15) is 9.18 Å². The molecule has 1 amide bonds. The zero-order chi connectivity index (χ0) is 22.1. The molecule has 0 saturated carbocycles. The molecular weight excluding hydrogens is 536 g/mol. The van der Waals surface area contributed by atoms with Crippen LogP contribution in [0.1, 0.15) is 19.4 Å². The first-order chi connectivity index (χ1) is 14.3. The highest BCUT2D eigenvalue weighted by atomic mass is 127. The number of hydrogen-bond acceptors (Lipinski definition) is 4. The molecule has 0 unspecified atom stereocenters. The molecule has 0 radical (unpaired) electrons. The zero-order valence-electron chi connectivity index (χ0n) is 18.7. The monoisotopic (exact) mass is 569 g/mol. The molecule has 0 atom stereocenters. The number of carbonyl (C=O) groups is 1. The quantitative estimate of drug-likeness (QED) is 0.218. The second kappa shape index (κ2) is 13.4. The SMILES string of the molecule is CN=C(NCC(C)(C)c1ccc(F)cc1Cl)N1CCN(CC(=O)NCCOC)CC1.I. The lowest BCUT2D eigenvalue weighted by Gasteiger charge is -2.37. The van der Waals surface area contributed by atoms with Crippen LogP contribution >= 0.6 is 35.6 Å². The van der Waals surface area contributed by atoms with Crippen molar-refractivity contribution in [1.82, 2.24) is 20.4 Å². The van der Waals surface area contributed by atoms with Crippen LogP contribution in [0, 0.1) is 5.82 Å². The normalized spacial score (nSPS) is 15.4. The largest absolute Gasteiger partial charge is 0.383 e. The Balaban J connectivity index is 0.00000480. The van der Waals surface area contributed by atoms with Gasteiger partial charge in [0.2, 0.25) is 5.91 Å². The molecule has 2 rings (SSSR count). The second-order valence-corrected chi connectivity index (χ2v) is 8.42. The van der Waals surface area contributed by atoms with E-state index in [4.69, 9.17) is 16.3 Å². The van der Waals surface area contributed by atoms with Crippen molar-refractivity contribution in [2.24, 2.45) is 4.99 Å². The molecule has 1 aliphatic heterocycles. The van der Waals surface area contributed by atoms with Gasteiger partial charge in [0.15, 0.2) is 5.96 Å². The van der Waals surface area contributed by atoms with Crippen molar-refractivity contribution >= 4 is 47.4 Å². The average molecular weight is 570 g/mol. The van der Waals surface area contributed by atoms with E-state index in [1.807, 2.05) is 0 Å². The van der Waals surface area contributed by atoms with Gasteiger partial charge in [-0.15, -0.1) is 24.0 Å². The Kier molecular flexibility index (Phi) is 12.0. The van der Waals surface area contributed by atoms with E-state index in [1.54, 1.807) is 20.2 Å². The summed E-state index contributed by atoms with van der Waals surface area (Å²) in [5.41, 5.74) is 0.584. The lowest BCUT2D eigenvalue weighted by atomic mass is 9.84. The molecule has 7 nitrogen and oxygen atoms in total. The Morgan fingerprint density at radius 2 is 1.94 bits per heavy atom. The van der Waals surface area contributed by atoms with E-state index in [0.717, 1.165) is 37.7 Å². The highest BCUT2D eigenvalue weighted by molar-refractivity contribution is 14.0. The van der Waals surface area contributed by atoms with Crippen LogP contribution in [-0.2, 0) is 14.9 Å². The van der Waals surface area contributed by atoms with Crippen molar-refractivity contribution in [2.45, 2.75) is 19.3 Å². The number of ether oxygens (including phenoxy) is 1. The Morgan fingerprint density at radius 3 is 2.52 bits per heavy atom. The fraction of sp³-hybridized carbons (Fsp3) is 0.619. The predicted molar refractivity (Wildman–Crippen MR) is 134 cm³/mol. The van der Waals surface area contributed by atoms with Gasteiger partial charge >= 0.3 is 0 Å². The van der Waals surface area contributed by atoms with E-state index in [1.165, 1.54) is 12.1 Å². The Hall–Kier alpha value is -1.17. The molecule has 10 heteroatoms. The highest BCUT2D eigenvalue weighted by Crippen LogP contribution is 2.30. The molecule has 0 spiro atoms. The van der Waals surface area contributed by atoms with Crippen LogP contribution in [-0.4, -0.2) is 88.2 Å². The van der Waals surface area contributed by atoms with Crippen LogP contribution in [0.5, 0.6) is 0 Å². The van der Waals surface area contributed by atoms with Crippen molar-refractivity contribution in [3.8, 4) is 0 Å². The lowest BCUT2D eigenvalue weighted by molar-refractivity contribution is -0.122. The number of methoxy groups -OCH3 is 1. The minimum atomic E-state index is -0.339. The number of carbonyl (C=O) groups excluding carboxylic acids is 1. The fourth-order valence-electron chi connectivity index (χ4n) is 3.44. The van der Waals surface area contributed by atoms with Crippen LogP contribution < -0.4 is 10.6 Å². The second-order valence-electron chi connectivity index (χ2n) is 8.01. The van der Waals surface area contributed by atoms with Gasteiger partial charge in [0.25, 0.3) is 0 Å². The van der Waals surface area contributed by atoms with Gasteiger partial charge in [-0.2, -0.15) is 0 Å². The third-order valence-electron chi connectivity index (χ3n) is 5.23. The minimum Gasteiger partial charge on any atom is -0.383 e. The zero-order valence-corrected chi connectivity index (χ0v) is 21.8. The minimum absolute atomic E-state index is 0. The Bertz CT molecular complexity index is 742. The van der Waals surface area contributed by atoms with Gasteiger partial charge in [0.1, 0.15) is 5.82 Å². The summed E-state index contributed by atoms with van der Waals surface area (Å²) in [6.45, 7) is 9.29. The number of halogens is 3. The molecule has 31 heavy (non-hydrogen) atoms. The summed E-state index contributed by atoms with van der Waals surface area (Å²) in [5, 5.41) is 6.69. The predicted octanol–water partition coefficient (Wildman–Crippen LogP) is 2.33. The first-order valence-corrected chi connectivity index (χ1v) is 10.5. The first kappa shape index (κ1) is 27.9. The molecule has 1 heterocycles. The number of hydrogen-bond donors (Lipinski definition) is 2. The molecule has 176 valence electrons. The summed E-state index contributed by atoms with van der Waals surface area (Å²) in [4.78, 5) is 20.7. The number of guanidine groups is 1. The van der Waals surface area contributed by atoms with Crippen molar-refractivity contribution in [2.75, 3.05) is 66.6 Å². The van der Waals surface area contributed by atoms with Crippen molar-refractivity contribution in [3.63, 3.8) is 0 Å². The van der Waals surface area contributed by atoms with Gasteiger partial charge in [-0.3, -0.25) is 14.7 Å². The van der Waals surface area contributed by atoms with Crippen LogP contribution in [0.4, 0.5) is 4.39 Å².